The highest BCUT2D eigenvalue weighted by Gasteiger charge is 2.29. The van der Waals surface area contributed by atoms with Crippen molar-refractivity contribution in [3.8, 4) is 23.0 Å². The molecule has 0 heterocycles. The number of hydrogen-bond acceptors (Lipinski definition) is 12. The molecule has 0 aliphatic heterocycles. The van der Waals surface area contributed by atoms with E-state index in [1.807, 2.05) is 60.7 Å². The number of aliphatic hydroxyl groups is 1. The minimum atomic E-state index is -1.01. The first-order valence-electron chi connectivity index (χ1n) is 19.3. The molecule has 0 saturated heterocycles. The third-order valence-corrected chi connectivity index (χ3v) is 8.79. The van der Waals surface area contributed by atoms with Gasteiger partial charge in [-0.15, -0.1) is 0 Å². The van der Waals surface area contributed by atoms with Gasteiger partial charge < -0.3 is 44.2 Å². The molecule has 2 atom stereocenters. The smallest absolute Gasteiger partial charge is 0.408 e. The summed E-state index contributed by atoms with van der Waals surface area (Å²) < 4.78 is 32.5. The van der Waals surface area contributed by atoms with Gasteiger partial charge in [-0.1, -0.05) is 113 Å². The van der Waals surface area contributed by atoms with Crippen LogP contribution in [0.2, 0.25) is 0 Å². The number of hydrogen-bond donors (Lipinski definition) is 3. The predicted molar refractivity (Wildman–Crippen MR) is 228 cm³/mol. The molecule has 0 saturated carbocycles. The highest BCUT2D eigenvalue weighted by atomic mass is 16.6. The lowest BCUT2D eigenvalue weighted by molar-refractivity contribution is -0.138. The number of carbonyl (C=O) groups excluding carboxylic acids is 5. The molecule has 0 aliphatic carbocycles. The first-order valence-corrected chi connectivity index (χ1v) is 19.3. The molecule has 2 amide bonds. The van der Waals surface area contributed by atoms with Crippen molar-refractivity contribution < 1.29 is 57.5 Å². The summed E-state index contributed by atoms with van der Waals surface area (Å²) in [5, 5.41) is 15.6. The lowest BCUT2D eigenvalue weighted by Crippen LogP contribution is -2.46. The van der Waals surface area contributed by atoms with Gasteiger partial charge in [0.15, 0.2) is 28.8 Å². The Balaban J connectivity index is 1.32. The van der Waals surface area contributed by atoms with Crippen LogP contribution < -0.4 is 29.6 Å². The van der Waals surface area contributed by atoms with Crippen molar-refractivity contribution in [2.24, 2.45) is 11.8 Å². The summed E-state index contributed by atoms with van der Waals surface area (Å²) in [5.74, 6) is -2.36. The maximum atomic E-state index is 13.1. The Bertz CT molecular complexity index is 2220. The lowest BCUT2D eigenvalue weighted by atomic mass is 10.1. The maximum absolute atomic E-state index is 13.1. The molecule has 4 rings (SSSR count). The highest BCUT2D eigenvalue weighted by molar-refractivity contribution is 6.02. The number of ketones is 1. The number of esters is 2. The fourth-order valence-electron chi connectivity index (χ4n) is 5.47. The third-order valence-electron chi connectivity index (χ3n) is 8.79. The number of rotatable bonds is 19. The van der Waals surface area contributed by atoms with Crippen molar-refractivity contribution in [2.45, 2.75) is 53.0 Å². The van der Waals surface area contributed by atoms with Gasteiger partial charge in [-0.25, -0.2) is 19.2 Å². The van der Waals surface area contributed by atoms with E-state index in [-0.39, 0.29) is 53.8 Å². The van der Waals surface area contributed by atoms with Crippen LogP contribution in [0.1, 0.15) is 49.9 Å². The zero-order valence-electron chi connectivity index (χ0n) is 34.8. The summed E-state index contributed by atoms with van der Waals surface area (Å²) in [7, 11) is 2.79. The molecule has 0 aromatic heterocycles. The van der Waals surface area contributed by atoms with E-state index < -0.39 is 42.0 Å². The first kappa shape index (κ1) is 46.3. The van der Waals surface area contributed by atoms with Crippen molar-refractivity contribution in [3.63, 3.8) is 0 Å². The molecular formula is C47H50N2O12. The lowest BCUT2D eigenvalue weighted by Gasteiger charge is -2.21. The van der Waals surface area contributed by atoms with Gasteiger partial charge in [0.25, 0.3) is 0 Å². The fourth-order valence-corrected chi connectivity index (χ4v) is 5.47. The molecule has 4 aromatic rings. The molecule has 14 heteroatoms. The number of methoxy groups -OCH3 is 2. The van der Waals surface area contributed by atoms with E-state index in [9.17, 15) is 29.1 Å². The summed E-state index contributed by atoms with van der Waals surface area (Å²) in [6.45, 7) is 7.09. The van der Waals surface area contributed by atoms with Crippen LogP contribution in [0.3, 0.4) is 0 Å². The van der Waals surface area contributed by atoms with Gasteiger partial charge in [-0.3, -0.25) is 4.79 Å². The Morgan fingerprint density at radius 3 is 1.38 bits per heavy atom. The quantitative estimate of drug-likeness (QED) is 0.0271. The number of benzene rings is 4. The van der Waals surface area contributed by atoms with Crippen LogP contribution in [0.4, 0.5) is 9.59 Å². The van der Waals surface area contributed by atoms with Crippen molar-refractivity contribution in [2.75, 3.05) is 14.2 Å². The molecule has 320 valence electrons. The summed E-state index contributed by atoms with van der Waals surface area (Å²) in [6.07, 6.45) is 5.03. The molecule has 4 aromatic carbocycles. The minimum Gasteiger partial charge on any atom is -0.508 e. The second-order valence-electron chi connectivity index (χ2n) is 14.2. The molecule has 61 heavy (non-hydrogen) atoms. The Labute approximate surface area is 354 Å². The second kappa shape index (κ2) is 23.3. The standard InChI is InChI=1S/C47H50N2O12/c1-30(2)42(48-46(54)58-28-34-13-9-7-10-14-34)44(52)60-38-23-19-32(25-40(38)56-5)17-21-36(50)27-37(51)22-18-33-20-24-39(41(26-33)57-6)61-45(53)43(31(3)4)49-47(55)59-29-35-15-11-8-12-16-35/h7-27,30-31,42-43,50H,28-29H2,1-6H3,(H,48,54)(H,49,55)/b21-17+,22-18+,36-27?/t42-,43-/m0/s1. The van der Waals surface area contributed by atoms with Crippen LogP contribution in [0.25, 0.3) is 12.2 Å². The summed E-state index contributed by atoms with van der Waals surface area (Å²) in [4.78, 5) is 63.8. The number of amides is 2. The molecule has 0 spiro atoms. The molecule has 0 aliphatic rings. The van der Waals surface area contributed by atoms with E-state index in [4.69, 9.17) is 28.4 Å². The number of allylic oxidation sites excluding steroid dienone is 3. The highest BCUT2D eigenvalue weighted by Crippen LogP contribution is 2.31. The largest absolute Gasteiger partial charge is 0.508 e. The van der Waals surface area contributed by atoms with Gasteiger partial charge in [0.05, 0.1) is 14.2 Å². The Morgan fingerprint density at radius 1 is 0.574 bits per heavy atom. The number of aliphatic hydroxyl groups excluding tert-OH is 1. The van der Waals surface area contributed by atoms with E-state index in [0.29, 0.717) is 11.1 Å². The summed E-state index contributed by atoms with van der Waals surface area (Å²) >= 11 is 0. The number of alkyl carbamates (subject to hydrolysis) is 2. The third kappa shape index (κ3) is 15.1. The van der Waals surface area contributed by atoms with Crippen LogP contribution in [-0.2, 0) is 37.1 Å². The van der Waals surface area contributed by atoms with Gasteiger partial charge in [0, 0.05) is 6.08 Å². The van der Waals surface area contributed by atoms with Gasteiger partial charge in [-0.05, 0) is 70.5 Å². The van der Waals surface area contributed by atoms with Gasteiger partial charge in [0.2, 0.25) is 0 Å². The van der Waals surface area contributed by atoms with Crippen LogP contribution >= 0.6 is 0 Å². The SMILES string of the molecule is COc1cc(/C=C/C(=O)C=C(O)/C=C/c2ccc(OC(=O)[C@@H](NC(=O)OCc3ccccc3)C(C)C)c(OC)c2)ccc1OC(=O)[C@@H](NC(=O)OCc1ccccc1)C(C)C. The van der Waals surface area contributed by atoms with E-state index >= 15 is 0 Å². The van der Waals surface area contributed by atoms with E-state index in [1.165, 1.54) is 50.7 Å². The topological polar surface area (TPSA) is 185 Å². The monoisotopic (exact) mass is 834 g/mol. The van der Waals surface area contributed by atoms with E-state index in [2.05, 4.69) is 10.6 Å². The van der Waals surface area contributed by atoms with Crippen LogP contribution in [0.15, 0.2) is 121 Å². The van der Waals surface area contributed by atoms with E-state index in [0.717, 1.165) is 17.2 Å². The van der Waals surface area contributed by atoms with Crippen LogP contribution in [0, 0.1) is 11.8 Å². The number of carbonyl (C=O) groups is 5. The predicted octanol–water partition coefficient (Wildman–Crippen LogP) is 8.15. The van der Waals surface area contributed by atoms with E-state index in [1.54, 1.807) is 52.0 Å². The molecule has 0 bridgehead atoms. The van der Waals surface area contributed by atoms with Crippen LogP contribution in [-0.4, -0.2) is 61.3 Å². The van der Waals surface area contributed by atoms with Crippen molar-refractivity contribution >= 4 is 42.1 Å². The molecular weight excluding hydrogens is 785 g/mol. The molecule has 14 nitrogen and oxygen atoms in total. The summed E-state index contributed by atoms with van der Waals surface area (Å²) in [6, 6.07) is 25.5. The molecule has 0 fully saturated rings. The first-order chi connectivity index (χ1) is 29.3. The van der Waals surface area contributed by atoms with Crippen molar-refractivity contribution in [3.05, 3.63) is 143 Å². The zero-order valence-corrected chi connectivity index (χ0v) is 34.8. The average Bonchev–Trinajstić information content (AvgIpc) is 3.25. The Kier molecular flexibility index (Phi) is 17.7. The molecule has 3 N–H and O–H groups in total. The zero-order chi connectivity index (χ0) is 44.3. The number of nitrogens with one attached hydrogen (secondary N) is 2. The average molecular weight is 835 g/mol. The normalized spacial score (nSPS) is 12.4. The van der Waals surface area contributed by atoms with Gasteiger partial charge in [0.1, 0.15) is 31.1 Å². The molecule has 0 radical (unpaired) electrons. The van der Waals surface area contributed by atoms with Crippen molar-refractivity contribution in [1.82, 2.24) is 10.6 Å². The second-order valence-corrected chi connectivity index (χ2v) is 14.2. The number of ether oxygens (including phenoxy) is 6. The Morgan fingerprint density at radius 2 is 0.984 bits per heavy atom. The Hall–Kier alpha value is -7.35. The van der Waals surface area contributed by atoms with Crippen molar-refractivity contribution in [1.29, 1.82) is 0 Å². The minimum absolute atomic E-state index is 0.0358. The van der Waals surface area contributed by atoms with Gasteiger partial charge in [-0.2, -0.15) is 0 Å². The summed E-state index contributed by atoms with van der Waals surface area (Å²) in [5.41, 5.74) is 2.67. The fraction of sp³-hybridized carbons (Fsp3) is 0.255. The van der Waals surface area contributed by atoms with Gasteiger partial charge >= 0.3 is 24.1 Å². The molecule has 0 unspecified atom stereocenters. The van der Waals surface area contributed by atoms with Crippen LogP contribution in [0.5, 0.6) is 23.0 Å². The maximum Gasteiger partial charge on any atom is 0.408 e.